The van der Waals surface area contributed by atoms with Crippen molar-refractivity contribution in [1.82, 2.24) is 9.88 Å². The highest BCUT2D eigenvalue weighted by atomic mass is 19.4. The van der Waals surface area contributed by atoms with E-state index in [1.54, 1.807) is 18.2 Å². The molecule has 1 saturated heterocycles. The Morgan fingerprint density at radius 1 is 1.21 bits per heavy atom. The van der Waals surface area contributed by atoms with Gasteiger partial charge in [-0.2, -0.15) is 13.2 Å². The van der Waals surface area contributed by atoms with Crippen LogP contribution in [0.3, 0.4) is 0 Å². The fourth-order valence-corrected chi connectivity index (χ4v) is 3.30. The van der Waals surface area contributed by atoms with E-state index in [0.29, 0.717) is 17.6 Å². The first-order valence-electron chi connectivity index (χ1n) is 9.03. The number of hydrogen-bond acceptors (Lipinski definition) is 4. The summed E-state index contributed by atoms with van der Waals surface area (Å²) in [6.45, 7) is 1.51. The normalized spacial score (nSPS) is 16.2. The highest BCUT2D eigenvalue weighted by Crippen LogP contribution is 2.33. The Morgan fingerprint density at radius 2 is 1.93 bits per heavy atom. The standard InChI is InChI=1S/C20H21F4N3O/c1-27-9-7-13(8-10-27)19(28)17-3-2-4-18(26-17)25-12-14-5-6-15(21)11-16(14)20(22,23)24/h2-6,11,13H,7-10,12H2,1H3,(H,25,26). The van der Waals surface area contributed by atoms with E-state index < -0.39 is 17.6 Å². The molecule has 1 N–H and O–H groups in total. The molecule has 150 valence electrons. The summed E-state index contributed by atoms with van der Waals surface area (Å²) in [4.78, 5) is 19.1. The van der Waals surface area contributed by atoms with E-state index in [1.165, 1.54) is 0 Å². The third kappa shape index (κ3) is 4.86. The van der Waals surface area contributed by atoms with E-state index in [4.69, 9.17) is 0 Å². The number of carbonyl (C=O) groups excluding carboxylic acids is 1. The lowest BCUT2D eigenvalue weighted by Crippen LogP contribution is -2.33. The van der Waals surface area contributed by atoms with Crippen molar-refractivity contribution in [2.24, 2.45) is 5.92 Å². The van der Waals surface area contributed by atoms with Crippen LogP contribution in [0.5, 0.6) is 0 Å². The Balaban J connectivity index is 1.71. The summed E-state index contributed by atoms with van der Waals surface area (Å²) in [6.07, 6.45) is -3.13. The fourth-order valence-electron chi connectivity index (χ4n) is 3.30. The van der Waals surface area contributed by atoms with E-state index in [9.17, 15) is 22.4 Å². The van der Waals surface area contributed by atoms with Gasteiger partial charge < -0.3 is 10.2 Å². The topological polar surface area (TPSA) is 45.2 Å². The number of anilines is 1. The highest BCUT2D eigenvalue weighted by molar-refractivity contribution is 5.96. The number of rotatable bonds is 5. The van der Waals surface area contributed by atoms with Gasteiger partial charge in [0.1, 0.15) is 17.3 Å². The number of benzene rings is 1. The Kier molecular flexibility index (Phi) is 5.98. The first-order chi connectivity index (χ1) is 13.2. The molecule has 1 aliphatic heterocycles. The molecule has 1 fully saturated rings. The van der Waals surface area contributed by atoms with Crippen molar-refractivity contribution in [3.8, 4) is 0 Å². The molecule has 2 aromatic rings. The van der Waals surface area contributed by atoms with Crippen molar-refractivity contribution in [2.45, 2.75) is 25.6 Å². The molecule has 0 saturated carbocycles. The minimum Gasteiger partial charge on any atom is -0.366 e. The maximum atomic E-state index is 13.2. The number of aromatic nitrogens is 1. The second-order valence-corrected chi connectivity index (χ2v) is 7.00. The molecule has 0 aliphatic carbocycles. The monoisotopic (exact) mass is 395 g/mol. The summed E-state index contributed by atoms with van der Waals surface area (Å²) in [5, 5.41) is 2.80. The van der Waals surface area contributed by atoms with Gasteiger partial charge >= 0.3 is 6.18 Å². The van der Waals surface area contributed by atoms with Gasteiger partial charge in [-0.1, -0.05) is 12.1 Å². The third-order valence-electron chi connectivity index (χ3n) is 4.93. The van der Waals surface area contributed by atoms with Gasteiger partial charge in [0.15, 0.2) is 5.78 Å². The molecule has 4 nitrogen and oxygen atoms in total. The summed E-state index contributed by atoms with van der Waals surface area (Å²) < 4.78 is 52.5. The second kappa shape index (κ2) is 8.26. The summed E-state index contributed by atoms with van der Waals surface area (Å²) in [5.41, 5.74) is -0.823. The molecule has 0 unspecified atom stereocenters. The molecular weight excluding hydrogens is 374 g/mol. The second-order valence-electron chi connectivity index (χ2n) is 7.00. The van der Waals surface area contributed by atoms with Gasteiger partial charge in [-0.3, -0.25) is 4.79 Å². The predicted molar refractivity (Wildman–Crippen MR) is 97.5 cm³/mol. The van der Waals surface area contributed by atoms with Crippen LogP contribution < -0.4 is 5.32 Å². The van der Waals surface area contributed by atoms with Gasteiger partial charge in [0, 0.05) is 12.5 Å². The number of Topliss-reactive ketones (excluding diaryl/α,β-unsaturated/α-hetero) is 1. The number of nitrogens with zero attached hydrogens (tertiary/aromatic N) is 2. The first-order valence-corrected chi connectivity index (χ1v) is 9.03. The van der Waals surface area contributed by atoms with E-state index in [1.807, 2.05) is 7.05 Å². The molecule has 0 amide bonds. The lowest BCUT2D eigenvalue weighted by atomic mass is 9.91. The van der Waals surface area contributed by atoms with Crippen LogP contribution in [0.4, 0.5) is 23.4 Å². The molecule has 8 heteroatoms. The number of carbonyl (C=O) groups is 1. The molecule has 28 heavy (non-hydrogen) atoms. The van der Waals surface area contributed by atoms with Crippen LogP contribution in [0.15, 0.2) is 36.4 Å². The highest BCUT2D eigenvalue weighted by Gasteiger charge is 2.33. The van der Waals surface area contributed by atoms with Crippen molar-refractivity contribution < 1.29 is 22.4 Å². The van der Waals surface area contributed by atoms with Gasteiger partial charge in [-0.05, 0) is 62.8 Å². The molecular formula is C20H21F4N3O. The van der Waals surface area contributed by atoms with Gasteiger partial charge in [0.25, 0.3) is 0 Å². The molecule has 1 aromatic heterocycles. The Bertz CT molecular complexity index is 846. The molecule has 0 bridgehead atoms. The maximum absolute atomic E-state index is 13.2. The van der Waals surface area contributed by atoms with Crippen LogP contribution in [0.2, 0.25) is 0 Å². The smallest absolute Gasteiger partial charge is 0.366 e. The molecule has 2 heterocycles. The van der Waals surface area contributed by atoms with Gasteiger partial charge in [-0.15, -0.1) is 0 Å². The van der Waals surface area contributed by atoms with Gasteiger partial charge in [0.05, 0.1) is 5.56 Å². The quantitative estimate of drug-likeness (QED) is 0.603. The SMILES string of the molecule is CN1CCC(C(=O)c2cccc(NCc3ccc(F)cc3C(F)(F)F)n2)CC1. The van der Waals surface area contributed by atoms with E-state index in [2.05, 4.69) is 15.2 Å². The van der Waals surface area contributed by atoms with Crippen molar-refractivity contribution in [3.63, 3.8) is 0 Å². The Morgan fingerprint density at radius 3 is 2.61 bits per heavy atom. The minimum absolute atomic E-state index is 0.0467. The lowest BCUT2D eigenvalue weighted by Gasteiger charge is -2.27. The maximum Gasteiger partial charge on any atom is 0.416 e. The van der Waals surface area contributed by atoms with Crippen LogP contribution in [-0.4, -0.2) is 35.8 Å². The van der Waals surface area contributed by atoms with Crippen LogP contribution in [0, 0.1) is 11.7 Å². The first kappa shape index (κ1) is 20.3. The van der Waals surface area contributed by atoms with E-state index in [0.717, 1.165) is 38.1 Å². The average molecular weight is 395 g/mol. The predicted octanol–water partition coefficient (Wildman–Crippen LogP) is 4.38. The molecule has 3 rings (SSSR count). The number of piperidine rings is 1. The van der Waals surface area contributed by atoms with Crippen molar-refractivity contribution >= 4 is 11.6 Å². The molecule has 0 atom stereocenters. The molecule has 0 radical (unpaired) electrons. The van der Waals surface area contributed by atoms with Crippen LogP contribution >= 0.6 is 0 Å². The summed E-state index contributed by atoms with van der Waals surface area (Å²) in [6, 6.07) is 7.41. The summed E-state index contributed by atoms with van der Waals surface area (Å²) in [5.74, 6) is -0.779. The van der Waals surface area contributed by atoms with Crippen molar-refractivity contribution in [3.05, 3.63) is 59.0 Å². The third-order valence-corrected chi connectivity index (χ3v) is 4.93. The lowest BCUT2D eigenvalue weighted by molar-refractivity contribution is -0.138. The van der Waals surface area contributed by atoms with E-state index >= 15 is 0 Å². The summed E-state index contributed by atoms with van der Waals surface area (Å²) in [7, 11) is 2.01. The number of nitrogens with one attached hydrogen (secondary N) is 1. The van der Waals surface area contributed by atoms with Crippen LogP contribution in [-0.2, 0) is 12.7 Å². The van der Waals surface area contributed by atoms with E-state index in [-0.39, 0.29) is 23.8 Å². The van der Waals surface area contributed by atoms with Gasteiger partial charge in [0.2, 0.25) is 0 Å². The van der Waals surface area contributed by atoms with Gasteiger partial charge in [-0.25, -0.2) is 9.37 Å². The number of halogens is 4. The van der Waals surface area contributed by atoms with Crippen molar-refractivity contribution in [1.29, 1.82) is 0 Å². The number of pyridine rings is 1. The largest absolute Gasteiger partial charge is 0.416 e. The zero-order chi connectivity index (χ0) is 20.3. The molecule has 1 aliphatic rings. The van der Waals surface area contributed by atoms with Crippen molar-refractivity contribution in [2.75, 3.05) is 25.5 Å². The zero-order valence-electron chi connectivity index (χ0n) is 15.4. The number of hydrogen-bond donors (Lipinski definition) is 1. The zero-order valence-corrected chi connectivity index (χ0v) is 15.4. The number of alkyl halides is 3. The van der Waals surface area contributed by atoms with Crippen LogP contribution in [0.25, 0.3) is 0 Å². The summed E-state index contributed by atoms with van der Waals surface area (Å²) >= 11 is 0. The number of likely N-dealkylation sites (tertiary alicyclic amines) is 1. The average Bonchev–Trinajstić information content (AvgIpc) is 2.66. The minimum atomic E-state index is -4.65. The number of ketones is 1. The van der Waals surface area contributed by atoms with Crippen LogP contribution in [0.1, 0.15) is 34.5 Å². The Hall–Kier alpha value is -2.48. The Labute approximate surface area is 160 Å². The molecule has 0 spiro atoms. The molecule has 1 aromatic carbocycles. The fraction of sp³-hybridized carbons (Fsp3) is 0.400.